The molecule has 7 heteroatoms. The molecule has 3 atom stereocenters. The van der Waals surface area contributed by atoms with Gasteiger partial charge in [-0.15, -0.1) is 0 Å². The number of amidine groups is 1. The van der Waals surface area contributed by atoms with Crippen LogP contribution in [0.25, 0.3) is 0 Å². The lowest BCUT2D eigenvalue weighted by Gasteiger charge is -2.43. The number of phenolic OH excluding ortho intramolecular Hbond substituents is 1. The number of aromatic hydroxyl groups is 1. The Kier molecular flexibility index (Phi) is 5.58. The van der Waals surface area contributed by atoms with Crippen molar-refractivity contribution in [1.82, 2.24) is 4.90 Å². The number of ketones is 1. The molecule has 0 bridgehead atoms. The number of halogens is 2. The van der Waals surface area contributed by atoms with Gasteiger partial charge in [-0.25, -0.2) is 0 Å². The maximum atomic E-state index is 13.3. The van der Waals surface area contributed by atoms with Crippen molar-refractivity contribution in [2.24, 2.45) is 10.9 Å². The van der Waals surface area contributed by atoms with Crippen molar-refractivity contribution in [3.05, 3.63) is 82.0 Å². The number of hydrogen-bond donors (Lipinski definition) is 1. The molecule has 0 radical (unpaired) electrons. The normalized spacial score (nSPS) is 23.1. The number of allylic oxidation sites excluding steroid dienone is 2. The number of carbonyl (C=O) groups is 1. The molecule has 2 aromatic rings. The second kappa shape index (κ2) is 8.17. The number of aliphatic imine (C=N–C) groups is 1. The second-order valence-electron chi connectivity index (χ2n) is 7.28. The van der Waals surface area contributed by atoms with E-state index in [2.05, 4.69) is 0 Å². The molecular weight excluding hydrogens is 423 g/mol. The minimum Gasteiger partial charge on any atom is -0.504 e. The fourth-order valence-corrected chi connectivity index (χ4v) is 4.50. The smallest absolute Gasteiger partial charge is 0.187 e. The lowest BCUT2D eigenvalue weighted by Crippen LogP contribution is -2.46. The van der Waals surface area contributed by atoms with Gasteiger partial charge in [0.2, 0.25) is 0 Å². The van der Waals surface area contributed by atoms with Crippen molar-refractivity contribution in [3.8, 4) is 11.5 Å². The summed E-state index contributed by atoms with van der Waals surface area (Å²) in [5.74, 6) is 0.602. The van der Waals surface area contributed by atoms with Crippen LogP contribution in [0.3, 0.4) is 0 Å². The molecule has 3 unspecified atom stereocenters. The van der Waals surface area contributed by atoms with Crippen molar-refractivity contribution in [2.75, 3.05) is 7.11 Å². The molecule has 2 aliphatic rings. The Balaban J connectivity index is 1.84. The molecular formula is C23H20Cl2N2O3. The predicted molar refractivity (Wildman–Crippen MR) is 118 cm³/mol. The highest BCUT2D eigenvalue weighted by Crippen LogP contribution is 2.43. The van der Waals surface area contributed by atoms with Crippen molar-refractivity contribution < 1.29 is 14.6 Å². The Morgan fingerprint density at radius 2 is 1.90 bits per heavy atom. The van der Waals surface area contributed by atoms with Crippen molar-refractivity contribution in [3.63, 3.8) is 0 Å². The van der Waals surface area contributed by atoms with Gasteiger partial charge >= 0.3 is 0 Å². The van der Waals surface area contributed by atoms with E-state index in [1.807, 2.05) is 30.0 Å². The lowest BCUT2D eigenvalue weighted by atomic mass is 9.82. The summed E-state index contributed by atoms with van der Waals surface area (Å²) in [4.78, 5) is 19.9. The highest BCUT2D eigenvalue weighted by molar-refractivity contribution is 6.45. The van der Waals surface area contributed by atoms with Crippen LogP contribution in [0, 0.1) is 5.92 Å². The minimum atomic E-state index is -0.629. The first-order chi connectivity index (χ1) is 14.4. The number of ether oxygens (including phenoxy) is 1. The molecule has 0 aromatic heterocycles. The van der Waals surface area contributed by atoms with E-state index in [4.69, 9.17) is 32.9 Å². The zero-order chi connectivity index (χ0) is 21.4. The fraction of sp³-hybridized carbons (Fsp3) is 0.217. The first-order valence-electron chi connectivity index (χ1n) is 9.48. The number of nitrogens with zero attached hydrogens (tertiary/aromatic N) is 2. The molecule has 1 N–H and O–H groups in total. The van der Waals surface area contributed by atoms with E-state index in [-0.39, 0.29) is 23.5 Å². The van der Waals surface area contributed by atoms with E-state index >= 15 is 0 Å². The van der Waals surface area contributed by atoms with Gasteiger partial charge in [0, 0.05) is 17.7 Å². The number of phenols is 1. The molecule has 4 rings (SSSR count). The van der Waals surface area contributed by atoms with Gasteiger partial charge in [-0.2, -0.15) is 0 Å². The first kappa shape index (κ1) is 20.5. The molecule has 5 nitrogen and oxygen atoms in total. The molecule has 154 valence electrons. The van der Waals surface area contributed by atoms with Crippen LogP contribution in [-0.4, -0.2) is 34.8 Å². The van der Waals surface area contributed by atoms with Crippen LogP contribution >= 0.6 is 23.2 Å². The Morgan fingerprint density at radius 3 is 2.60 bits per heavy atom. The summed E-state index contributed by atoms with van der Waals surface area (Å²) in [6.45, 7) is 1.98. The quantitative estimate of drug-likeness (QED) is 0.655. The maximum absolute atomic E-state index is 13.3. The molecule has 0 saturated carbocycles. The van der Waals surface area contributed by atoms with Gasteiger partial charge in [0.15, 0.2) is 17.3 Å². The Bertz CT molecular complexity index is 1080. The van der Waals surface area contributed by atoms with E-state index in [1.165, 1.54) is 7.11 Å². The van der Waals surface area contributed by atoms with Crippen LogP contribution in [0.15, 0.2) is 75.9 Å². The third-order valence-corrected chi connectivity index (χ3v) is 5.90. The SMILES string of the molecule is COc1cc(C2C(C)C(C(=O)c3ccccc3)N=C3C(Cl)=CC(Cl)=CN32)ccc1O. The zero-order valence-electron chi connectivity index (χ0n) is 16.4. The molecule has 2 heterocycles. The van der Waals surface area contributed by atoms with Crippen LogP contribution < -0.4 is 4.74 Å². The third kappa shape index (κ3) is 3.59. The van der Waals surface area contributed by atoms with Gasteiger partial charge in [-0.3, -0.25) is 9.79 Å². The van der Waals surface area contributed by atoms with Crippen LogP contribution in [0.2, 0.25) is 0 Å². The highest BCUT2D eigenvalue weighted by atomic mass is 35.5. The highest BCUT2D eigenvalue weighted by Gasteiger charge is 2.42. The minimum absolute atomic E-state index is 0.0423. The van der Waals surface area contributed by atoms with E-state index in [0.29, 0.717) is 27.2 Å². The largest absolute Gasteiger partial charge is 0.504 e. The van der Waals surface area contributed by atoms with Gasteiger partial charge < -0.3 is 14.7 Å². The summed E-state index contributed by atoms with van der Waals surface area (Å²) in [5, 5.41) is 10.9. The van der Waals surface area contributed by atoms with Gasteiger partial charge in [-0.1, -0.05) is 66.5 Å². The number of hydrogen-bond acceptors (Lipinski definition) is 5. The standard InChI is InChI=1S/C23H20Cl2N2O3/c1-13-20(22(29)14-6-4-3-5-7-14)26-23-17(25)11-16(24)12-27(23)21(13)15-8-9-18(28)19(10-15)30-2/h3-13,20-21,28H,1-2H3. The Hall–Kier alpha value is -2.76. The first-order valence-corrected chi connectivity index (χ1v) is 10.2. The number of benzene rings is 2. The predicted octanol–water partition coefficient (Wildman–Crippen LogP) is 5.26. The fourth-order valence-electron chi connectivity index (χ4n) is 3.97. The number of Topliss-reactive ketones (excluding diaryl/α,β-unsaturated/α-hetero) is 1. The molecule has 0 saturated heterocycles. The summed E-state index contributed by atoms with van der Waals surface area (Å²) in [6, 6.07) is 13.3. The molecule has 0 amide bonds. The van der Waals surface area contributed by atoms with Crippen LogP contribution in [0.5, 0.6) is 11.5 Å². The molecule has 0 fully saturated rings. The monoisotopic (exact) mass is 442 g/mol. The number of carbonyl (C=O) groups excluding carboxylic acids is 1. The van der Waals surface area contributed by atoms with Gasteiger partial charge in [0.1, 0.15) is 11.9 Å². The van der Waals surface area contributed by atoms with E-state index in [9.17, 15) is 9.90 Å². The Labute approximate surface area is 184 Å². The summed E-state index contributed by atoms with van der Waals surface area (Å²) >= 11 is 12.8. The summed E-state index contributed by atoms with van der Waals surface area (Å²) < 4.78 is 5.29. The van der Waals surface area contributed by atoms with Crippen molar-refractivity contribution >= 4 is 34.8 Å². The van der Waals surface area contributed by atoms with Crippen LogP contribution in [0.4, 0.5) is 0 Å². The maximum Gasteiger partial charge on any atom is 0.187 e. The summed E-state index contributed by atoms with van der Waals surface area (Å²) in [6.07, 6.45) is 3.38. The second-order valence-corrected chi connectivity index (χ2v) is 8.12. The average Bonchev–Trinajstić information content (AvgIpc) is 2.74. The summed E-state index contributed by atoms with van der Waals surface area (Å²) in [5.41, 5.74) is 1.45. The van der Waals surface area contributed by atoms with Crippen LogP contribution in [0.1, 0.15) is 28.9 Å². The van der Waals surface area contributed by atoms with E-state index in [1.54, 1.807) is 42.6 Å². The Morgan fingerprint density at radius 1 is 1.17 bits per heavy atom. The van der Waals surface area contributed by atoms with E-state index < -0.39 is 6.04 Å². The molecule has 2 aromatic carbocycles. The van der Waals surface area contributed by atoms with E-state index in [0.717, 1.165) is 5.56 Å². The number of methoxy groups -OCH3 is 1. The van der Waals surface area contributed by atoms with Gasteiger partial charge in [0.25, 0.3) is 0 Å². The van der Waals surface area contributed by atoms with Crippen LogP contribution in [-0.2, 0) is 0 Å². The van der Waals surface area contributed by atoms with Crippen molar-refractivity contribution in [1.29, 1.82) is 0 Å². The summed E-state index contributed by atoms with van der Waals surface area (Å²) in [7, 11) is 1.50. The zero-order valence-corrected chi connectivity index (χ0v) is 17.9. The third-order valence-electron chi connectivity index (χ3n) is 5.41. The average molecular weight is 443 g/mol. The molecule has 0 aliphatic carbocycles. The lowest BCUT2D eigenvalue weighted by molar-refractivity contribution is 0.0898. The molecule has 0 spiro atoms. The topological polar surface area (TPSA) is 62.1 Å². The van der Waals surface area contributed by atoms with Crippen molar-refractivity contribution in [2.45, 2.75) is 19.0 Å². The molecule has 30 heavy (non-hydrogen) atoms. The number of rotatable bonds is 4. The van der Waals surface area contributed by atoms with Gasteiger partial charge in [0.05, 0.1) is 23.2 Å². The van der Waals surface area contributed by atoms with Gasteiger partial charge in [-0.05, 0) is 23.8 Å². The molecule has 2 aliphatic heterocycles. The number of fused-ring (bicyclic) bond motifs is 1.